The molecule has 5 nitrogen and oxygen atoms in total. The Balaban J connectivity index is 2.46. The molecular formula is C17H19F2NO4. The zero-order chi connectivity index (χ0) is 17.9. The average Bonchev–Trinajstić information content (AvgIpc) is 2.83. The van der Waals surface area contributed by atoms with E-state index in [1.807, 2.05) is 20.8 Å². The Bertz CT molecular complexity index is 690. The number of esters is 1. The largest absolute Gasteiger partial charge is 0.490 e. The van der Waals surface area contributed by atoms with E-state index in [2.05, 4.69) is 9.73 Å². The number of hydrogen-bond donors (Lipinski definition) is 0. The van der Waals surface area contributed by atoms with Gasteiger partial charge in [-0.1, -0.05) is 32.9 Å². The molecule has 2 rings (SSSR count). The number of para-hydroxylation sites is 1. The highest BCUT2D eigenvalue weighted by atomic mass is 19.3. The lowest BCUT2D eigenvalue weighted by molar-refractivity contribution is -0.130. The van der Waals surface area contributed by atoms with Crippen LogP contribution in [0.3, 0.4) is 0 Å². The summed E-state index contributed by atoms with van der Waals surface area (Å²) in [5.74, 6) is -0.339. The molecule has 0 unspecified atom stereocenters. The highest BCUT2D eigenvalue weighted by Crippen LogP contribution is 2.35. The van der Waals surface area contributed by atoms with Crippen molar-refractivity contribution in [3.05, 3.63) is 29.5 Å². The lowest BCUT2D eigenvalue weighted by Crippen LogP contribution is -2.21. The lowest BCUT2D eigenvalue weighted by Gasteiger charge is -2.15. The Labute approximate surface area is 138 Å². The van der Waals surface area contributed by atoms with E-state index in [0.29, 0.717) is 0 Å². The molecule has 0 N–H and O–H groups in total. The molecule has 1 aromatic rings. The molecule has 1 heterocycles. The van der Waals surface area contributed by atoms with Gasteiger partial charge in [0.05, 0.1) is 6.61 Å². The Morgan fingerprint density at radius 3 is 2.58 bits per heavy atom. The highest BCUT2D eigenvalue weighted by Gasteiger charge is 2.31. The van der Waals surface area contributed by atoms with Crippen molar-refractivity contribution in [1.82, 2.24) is 0 Å². The van der Waals surface area contributed by atoms with Gasteiger partial charge in [-0.05, 0) is 19.1 Å². The summed E-state index contributed by atoms with van der Waals surface area (Å²) >= 11 is 0. The molecule has 0 bridgehead atoms. The van der Waals surface area contributed by atoms with Gasteiger partial charge in [-0.15, -0.1) is 0 Å². The molecule has 0 fully saturated rings. The molecule has 0 aromatic heterocycles. The minimum Gasteiger partial charge on any atom is -0.490 e. The standard InChI is InChI=1S/C17H19F2NO4/c1-5-22-12-8-6-7-10(13(12)23-16(18)19)9-11-14(21)24-15(20-11)17(2,3)4/h6-9,16H,5H2,1-4H3/b11-9-. The second-order valence-electron chi connectivity index (χ2n) is 6.07. The summed E-state index contributed by atoms with van der Waals surface area (Å²) in [6.07, 6.45) is 1.35. The topological polar surface area (TPSA) is 57.1 Å². The Hall–Kier alpha value is -2.44. The van der Waals surface area contributed by atoms with E-state index < -0.39 is 18.0 Å². The number of nitrogens with zero attached hydrogens (tertiary/aromatic N) is 1. The fraction of sp³-hybridized carbons (Fsp3) is 0.412. The zero-order valence-corrected chi connectivity index (χ0v) is 13.9. The molecule has 0 amide bonds. The van der Waals surface area contributed by atoms with Crippen molar-refractivity contribution in [2.75, 3.05) is 6.61 Å². The highest BCUT2D eigenvalue weighted by molar-refractivity contribution is 6.08. The molecule has 0 radical (unpaired) electrons. The van der Waals surface area contributed by atoms with Gasteiger partial charge in [0, 0.05) is 11.0 Å². The predicted molar refractivity (Wildman–Crippen MR) is 85.2 cm³/mol. The second kappa shape index (κ2) is 6.98. The van der Waals surface area contributed by atoms with Crippen LogP contribution in [0, 0.1) is 5.41 Å². The van der Waals surface area contributed by atoms with E-state index in [1.165, 1.54) is 18.2 Å². The number of alkyl halides is 2. The minimum absolute atomic E-state index is 0.0210. The smallest absolute Gasteiger partial charge is 0.387 e. The summed E-state index contributed by atoms with van der Waals surface area (Å²) in [5, 5.41) is 0. The first-order valence-corrected chi connectivity index (χ1v) is 7.46. The van der Waals surface area contributed by atoms with Crippen molar-refractivity contribution in [2.24, 2.45) is 10.4 Å². The molecule has 130 valence electrons. The maximum absolute atomic E-state index is 12.7. The van der Waals surface area contributed by atoms with E-state index in [0.717, 1.165) is 0 Å². The maximum atomic E-state index is 12.7. The number of halogens is 2. The lowest BCUT2D eigenvalue weighted by atomic mass is 9.97. The van der Waals surface area contributed by atoms with Crippen molar-refractivity contribution < 1.29 is 27.8 Å². The van der Waals surface area contributed by atoms with E-state index in [9.17, 15) is 13.6 Å². The molecule has 0 spiro atoms. The fourth-order valence-electron chi connectivity index (χ4n) is 2.01. The van der Waals surface area contributed by atoms with Crippen LogP contribution in [0.5, 0.6) is 11.5 Å². The van der Waals surface area contributed by atoms with Gasteiger partial charge in [0.25, 0.3) is 0 Å². The number of carbonyl (C=O) groups is 1. The monoisotopic (exact) mass is 339 g/mol. The summed E-state index contributed by atoms with van der Waals surface area (Å²) in [6, 6.07) is 4.66. The molecule has 24 heavy (non-hydrogen) atoms. The first-order chi connectivity index (χ1) is 11.2. The Morgan fingerprint density at radius 2 is 2.04 bits per heavy atom. The summed E-state index contributed by atoms with van der Waals surface area (Å²) in [7, 11) is 0. The molecular weight excluding hydrogens is 320 g/mol. The van der Waals surface area contributed by atoms with Crippen LogP contribution in [0.15, 0.2) is 28.9 Å². The maximum Gasteiger partial charge on any atom is 0.387 e. The normalized spacial score (nSPS) is 16.4. The van der Waals surface area contributed by atoms with E-state index in [1.54, 1.807) is 13.0 Å². The molecule has 1 aromatic carbocycles. The fourth-order valence-corrected chi connectivity index (χ4v) is 2.01. The van der Waals surface area contributed by atoms with Crippen molar-refractivity contribution >= 4 is 17.9 Å². The van der Waals surface area contributed by atoms with Crippen molar-refractivity contribution in [2.45, 2.75) is 34.3 Å². The first kappa shape index (κ1) is 17.9. The van der Waals surface area contributed by atoms with Crippen molar-refractivity contribution in [3.8, 4) is 11.5 Å². The van der Waals surface area contributed by atoms with Crippen LogP contribution in [0.4, 0.5) is 8.78 Å². The van der Waals surface area contributed by atoms with Gasteiger partial charge in [-0.3, -0.25) is 0 Å². The van der Waals surface area contributed by atoms with Crippen LogP contribution in [-0.2, 0) is 9.53 Å². The van der Waals surface area contributed by atoms with Gasteiger partial charge >= 0.3 is 12.6 Å². The molecule has 0 saturated carbocycles. The van der Waals surface area contributed by atoms with Crippen LogP contribution in [0.1, 0.15) is 33.3 Å². The SMILES string of the molecule is CCOc1cccc(/C=C2\N=C(C(C)(C)C)OC2=O)c1OC(F)F. The van der Waals surface area contributed by atoms with Gasteiger partial charge in [0.15, 0.2) is 17.2 Å². The second-order valence-corrected chi connectivity index (χ2v) is 6.07. The first-order valence-electron chi connectivity index (χ1n) is 7.46. The minimum atomic E-state index is -3.02. The summed E-state index contributed by atoms with van der Waals surface area (Å²) in [6.45, 7) is 4.54. The predicted octanol–water partition coefficient (Wildman–Crippen LogP) is 4.03. The van der Waals surface area contributed by atoms with Crippen molar-refractivity contribution in [3.63, 3.8) is 0 Å². The van der Waals surface area contributed by atoms with E-state index in [4.69, 9.17) is 9.47 Å². The van der Waals surface area contributed by atoms with Crippen LogP contribution < -0.4 is 9.47 Å². The van der Waals surface area contributed by atoms with Gasteiger partial charge in [-0.25, -0.2) is 9.79 Å². The quantitative estimate of drug-likeness (QED) is 0.600. The van der Waals surface area contributed by atoms with E-state index in [-0.39, 0.29) is 35.3 Å². The molecule has 0 aliphatic carbocycles. The van der Waals surface area contributed by atoms with Crippen LogP contribution in [-0.4, -0.2) is 25.1 Å². The number of hydrogen-bond acceptors (Lipinski definition) is 5. The number of cyclic esters (lactones) is 1. The van der Waals surface area contributed by atoms with Crippen LogP contribution in [0.2, 0.25) is 0 Å². The van der Waals surface area contributed by atoms with Gasteiger partial charge in [-0.2, -0.15) is 8.78 Å². The van der Waals surface area contributed by atoms with Gasteiger partial charge < -0.3 is 14.2 Å². The molecule has 7 heteroatoms. The number of aliphatic imine (C=N–C) groups is 1. The summed E-state index contributed by atoms with van der Waals surface area (Å²) in [4.78, 5) is 16.1. The van der Waals surface area contributed by atoms with Gasteiger partial charge in [0.2, 0.25) is 5.90 Å². The molecule has 0 saturated heterocycles. The molecule has 1 aliphatic heterocycles. The number of ether oxygens (including phenoxy) is 3. The third-order valence-corrected chi connectivity index (χ3v) is 3.07. The van der Waals surface area contributed by atoms with E-state index >= 15 is 0 Å². The molecule has 1 aliphatic rings. The number of carbonyl (C=O) groups excluding carboxylic acids is 1. The zero-order valence-electron chi connectivity index (χ0n) is 13.9. The van der Waals surface area contributed by atoms with Crippen LogP contribution in [0.25, 0.3) is 6.08 Å². The average molecular weight is 339 g/mol. The van der Waals surface area contributed by atoms with Gasteiger partial charge in [0.1, 0.15) is 0 Å². The van der Waals surface area contributed by atoms with Crippen LogP contribution >= 0.6 is 0 Å². The Kier molecular flexibility index (Phi) is 5.21. The third-order valence-electron chi connectivity index (χ3n) is 3.07. The molecule has 0 atom stereocenters. The number of benzene rings is 1. The number of rotatable bonds is 5. The summed E-state index contributed by atoms with van der Waals surface area (Å²) < 4.78 is 40.4. The van der Waals surface area contributed by atoms with Crippen molar-refractivity contribution in [1.29, 1.82) is 0 Å². The third kappa shape index (κ3) is 4.10. The Morgan fingerprint density at radius 1 is 1.33 bits per heavy atom. The summed E-state index contributed by atoms with van der Waals surface area (Å²) in [5.41, 5.74) is -0.166.